The van der Waals surface area contributed by atoms with Gasteiger partial charge < -0.3 is 10.3 Å². The summed E-state index contributed by atoms with van der Waals surface area (Å²) in [4.78, 5) is 21.9. The van der Waals surface area contributed by atoms with Gasteiger partial charge in [-0.2, -0.15) is 16.4 Å². The van der Waals surface area contributed by atoms with Crippen LogP contribution in [0.1, 0.15) is 31.2 Å². The number of hydrogen-bond donors (Lipinski definition) is 3. The lowest BCUT2D eigenvalue weighted by Crippen LogP contribution is -2.20. The Balaban J connectivity index is 1.20. The van der Waals surface area contributed by atoms with Crippen molar-refractivity contribution in [1.82, 2.24) is 40.4 Å². The third kappa shape index (κ3) is 4.30. The van der Waals surface area contributed by atoms with E-state index in [1.807, 2.05) is 24.8 Å². The molecule has 6 heterocycles. The van der Waals surface area contributed by atoms with Crippen molar-refractivity contribution in [2.45, 2.75) is 32.2 Å². The summed E-state index contributed by atoms with van der Waals surface area (Å²) in [5.74, 6) is 1.50. The Labute approximate surface area is 217 Å². The second kappa shape index (κ2) is 9.49. The minimum absolute atomic E-state index is 0.688. The molecule has 0 bridgehead atoms. The van der Waals surface area contributed by atoms with E-state index in [9.17, 15) is 0 Å². The van der Waals surface area contributed by atoms with E-state index in [0.717, 1.165) is 69.0 Å². The van der Waals surface area contributed by atoms with Crippen LogP contribution >= 0.6 is 11.3 Å². The molecule has 0 saturated heterocycles. The molecule has 1 aliphatic carbocycles. The number of imidazole rings is 1. The number of aromatic nitrogens is 7. The molecule has 1 fully saturated rings. The fourth-order valence-corrected chi connectivity index (χ4v) is 5.95. The summed E-state index contributed by atoms with van der Waals surface area (Å²) in [5.41, 5.74) is 8.54. The van der Waals surface area contributed by atoms with Gasteiger partial charge in [-0.1, -0.05) is 12.8 Å². The zero-order valence-corrected chi connectivity index (χ0v) is 21.1. The summed E-state index contributed by atoms with van der Waals surface area (Å²) in [5, 5.41) is 16.3. The van der Waals surface area contributed by atoms with Crippen molar-refractivity contribution in [3.8, 4) is 33.8 Å². The molecular weight excluding hydrogens is 480 g/mol. The molecule has 0 unspecified atom stereocenters. The topological polar surface area (TPSA) is 108 Å². The second-order valence-electron chi connectivity index (χ2n) is 9.74. The molecular formula is C28H26N8S. The van der Waals surface area contributed by atoms with Crippen LogP contribution in [0, 0.1) is 5.92 Å². The summed E-state index contributed by atoms with van der Waals surface area (Å²) in [6.45, 7) is 1.90. The fraction of sp³-hybridized carbons (Fsp3) is 0.250. The molecule has 0 spiro atoms. The first kappa shape index (κ1) is 22.3. The summed E-state index contributed by atoms with van der Waals surface area (Å²) in [6.07, 6.45) is 14.8. The number of nitrogens with zero attached hydrogens (tertiary/aromatic N) is 5. The number of rotatable bonds is 7. The molecule has 6 aromatic heterocycles. The molecule has 184 valence electrons. The number of aromatic amines is 2. The lowest BCUT2D eigenvalue weighted by Gasteiger charge is -2.11. The molecule has 1 saturated carbocycles. The van der Waals surface area contributed by atoms with E-state index >= 15 is 0 Å². The Bertz CT molecular complexity index is 1680. The van der Waals surface area contributed by atoms with Gasteiger partial charge in [0.2, 0.25) is 0 Å². The molecule has 6 aromatic rings. The van der Waals surface area contributed by atoms with Crippen LogP contribution in [0.15, 0.2) is 59.9 Å². The van der Waals surface area contributed by atoms with Gasteiger partial charge in [0.15, 0.2) is 11.5 Å². The molecule has 7 rings (SSSR count). The van der Waals surface area contributed by atoms with E-state index in [2.05, 4.69) is 64.4 Å². The highest BCUT2D eigenvalue weighted by Crippen LogP contribution is 2.32. The quantitative estimate of drug-likeness (QED) is 0.246. The monoisotopic (exact) mass is 506 g/mol. The van der Waals surface area contributed by atoms with Crippen molar-refractivity contribution in [2.75, 3.05) is 6.54 Å². The molecule has 0 aliphatic heterocycles. The van der Waals surface area contributed by atoms with Gasteiger partial charge >= 0.3 is 0 Å². The standard InChI is InChI=1S/C28H26N8S/c1-2-4-17(3-1)9-29-10-18-7-20(12-30-11-18)21-8-22-26(35-36-27(22)32-13-21)28-33-24-15-31-14-23(25(24)34-28)19-5-6-37-16-19/h5-8,11-17,29H,1-4,9-10H2,(H,33,34)(H,32,35,36). The van der Waals surface area contributed by atoms with Gasteiger partial charge in [0, 0.05) is 48.0 Å². The van der Waals surface area contributed by atoms with E-state index in [1.165, 1.54) is 31.2 Å². The van der Waals surface area contributed by atoms with Crippen molar-refractivity contribution >= 4 is 33.4 Å². The maximum absolute atomic E-state index is 4.92. The molecule has 8 nitrogen and oxygen atoms in total. The molecule has 3 N–H and O–H groups in total. The Morgan fingerprint density at radius 3 is 2.76 bits per heavy atom. The SMILES string of the molecule is c1cc(-c2cncc3[nH]c(-c4n[nH]c5ncc(-c6cncc(CNCC7CCCC7)c6)cc45)nc23)cs1. The Hall–Kier alpha value is -3.95. The maximum atomic E-state index is 4.92. The van der Waals surface area contributed by atoms with E-state index in [4.69, 9.17) is 4.98 Å². The normalized spacial score (nSPS) is 14.3. The lowest BCUT2D eigenvalue weighted by molar-refractivity contribution is 0.489. The fourth-order valence-electron chi connectivity index (χ4n) is 5.29. The zero-order chi connectivity index (χ0) is 24.6. The van der Waals surface area contributed by atoms with Gasteiger partial charge in [-0.3, -0.25) is 15.1 Å². The highest BCUT2D eigenvalue weighted by molar-refractivity contribution is 7.08. The largest absolute Gasteiger partial charge is 0.335 e. The maximum Gasteiger partial charge on any atom is 0.159 e. The number of H-pyrrole nitrogens is 2. The predicted octanol–water partition coefficient (Wildman–Crippen LogP) is 5.97. The van der Waals surface area contributed by atoms with Gasteiger partial charge in [-0.25, -0.2) is 9.97 Å². The van der Waals surface area contributed by atoms with Gasteiger partial charge in [0.05, 0.1) is 17.1 Å². The number of hydrogen-bond acceptors (Lipinski definition) is 7. The van der Waals surface area contributed by atoms with E-state index in [0.29, 0.717) is 5.82 Å². The summed E-state index contributed by atoms with van der Waals surface area (Å²) >= 11 is 1.66. The minimum atomic E-state index is 0.688. The van der Waals surface area contributed by atoms with Gasteiger partial charge in [0.1, 0.15) is 11.2 Å². The second-order valence-corrected chi connectivity index (χ2v) is 10.5. The van der Waals surface area contributed by atoms with Crippen molar-refractivity contribution in [2.24, 2.45) is 5.92 Å². The molecule has 1 aliphatic rings. The van der Waals surface area contributed by atoms with Crippen molar-refractivity contribution in [1.29, 1.82) is 0 Å². The third-order valence-electron chi connectivity index (χ3n) is 7.23. The van der Waals surface area contributed by atoms with Crippen LogP contribution in [0.4, 0.5) is 0 Å². The summed E-state index contributed by atoms with van der Waals surface area (Å²) in [6, 6.07) is 6.39. The number of pyridine rings is 3. The van der Waals surface area contributed by atoms with Crippen LogP contribution in [0.2, 0.25) is 0 Å². The van der Waals surface area contributed by atoms with Gasteiger partial charge in [-0.15, -0.1) is 0 Å². The van der Waals surface area contributed by atoms with Crippen LogP contribution in [0.5, 0.6) is 0 Å². The number of thiophene rings is 1. The summed E-state index contributed by atoms with van der Waals surface area (Å²) in [7, 11) is 0. The molecule has 0 radical (unpaired) electrons. The van der Waals surface area contributed by atoms with Crippen LogP contribution in [0.25, 0.3) is 55.8 Å². The van der Waals surface area contributed by atoms with Gasteiger partial charge in [-0.05, 0) is 65.4 Å². The average Bonchev–Trinajstić information content (AvgIpc) is 3.74. The molecule has 0 amide bonds. The first-order valence-corrected chi connectivity index (χ1v) is 13.6. The Morgan fingerprint density at radius 2 is 1.86 bits per heavy atom. The van der Waals surface area contributed by atoms with Crippen molar-refractivity contribution < 1.29 is 0 Å². The minimum Gasteiger partial charge on any atom is -0.335 e. The van der Waals surface area contributed by atoms with Crippen LogP contribution < -0.4 is 5.32 Å². The average molecular weight is 507 g/mol. The first-order valence-electron chi connectivity index (χ1n) is 12.7. The van der Waals surface area contributed by atoms with Crippen LogP contribution in [-0.4, -0.2) is 41.7 Å². The molecule has 0 atom stereocenters. The molecule has 0 aromatic carbocycles. The van der Waals surface area contributed by atoms with E-state index in [1.54, 1.807) is 17.5 Å². The highest BCUT2D eigenvalue weighted by Gasteiger charge is 2.17. The predicted molar refractivity (Wildman–Crippen MR) is 147 cm³/mol. The van der Waals surface area contributed by atoms with Crippen LogP contribution in [0.3, 0.4) is 0 Å². The molecule has 9 heteroatoms. The number of fused-ring (bicyclic) bond motifs is 2. The van der Waals surface area contributed by atoms with Gasteiger partial charge in [0.25, 0.3) is 0 Å². The molecule has 37 heavy (non-hydrogen) atoms. The lowest BCUT2D eigenvalue weighted by atomic mass is 10.1. The van der Waals surface area contributed by atoms with Crippen molar-refractivity contribution in [3.05, 3.63) is 65.5 Å². The van der Waals surface area contributed by atoms with Crippen LogP contribution in [-0.2, 0) is 6.54 Å². The number of nitrogens with one attached hydrogen (secondary N) is 3. The van der Waals surface area contributed by atoms with E-state index in [-0.39, 0.29) is 0 Å². The Kier molecular flexibility index (Phi) is 5.71. The smallest absolute Gasteiger partial charge is 0.159 e. The third-order valence-corrected chi connectivity index (χ3v) is 7.92. The van der Waals surface area contributed by atoms with E-state index < -0.39 is 0 Å². The zero-order valence-electron chi connectivity index (χ0n) is 20.2. The summed E-state index contributed by atoms with van der Waals surface area (Å²) < 4.78 is 0. The first-order chi connectivity index (χ1) is 18.3. The Morgan fingerprint density at radius 1 is 0.973 bits per heavy atom. The highest BCUT2D eigenvalue weighted by atomic mass is 32.1. The van der Waals surface area contributed by atoms with Crippen molar-refractivity contribution in [3.63, 3.8) is 0 Å².